The van der Waals surface area contributed by atoms with Crippen molar-refractivity contribution in [1.82, 2.24) is 4.90 Å². The van der Waals surface area contributed by atoms with E-state index in [4.69, 9.17) is 0 Å². The summed E-state index contributed by atoms with van der Waals surface area (Å²) >= 11 is 0. The maximum Gasteiger partial charge on any atom is 0.0445 e. The molecular weight excluding hydrogens is 282 g/mol. The fraction of sp³-hybridized carbons (Fsp3) is 0.429. The van der Waals surface area contributed by atoms with Gasteiger partial charge in [-0.2, -0.15) is 0 Å². The molecule has 0 spiro atoms. The molecule has 1 N–H and O–H groups in total. The molecule has 2 nitrogen and oxygen atoms in total. The van der Waals surface area contributed by atoms with Gasteiger partial charge in [0.25, 0.3) is 0 Å². The largest absolute Gasteiger partial charge is 0.396 e. The second-order valence-corrected chi connectivity index (χ2v) is 6.52. The number of rotatable bonds is 6. The zero-order chi connectivity index (χ0) is 15.9. The minimum Gasteiger partial charge on any atom is -0.396 e. The Kier molecular flexibility index (Phi) is 5.84. The normalized spacial score (nSPS) is 20.3. The smallest absolute Gasteiger partial charge is 0.0445 e. The molecule has 0 bridgehead atoms. The summed E-state index contributed by atoms with van der Waals surface area (Å²) in [6.45, 7) is 1.42. The summed E-state index contributed by atoms with van der Waals surface area (Å²) in [5, 5.41) is 9.45. The van der Waals surface area contributed by atoms with E-state index in [1.165, 1.54) is 30.4 Å². The number of piperidine rings is 1. The molecule has 0 aliphatic carbocycles. The van der Waals surface area contributed by atoms with E-state index < -0.39 is 0 Å². The number of hydrogen-bond acceptors (Lipinski definition) is 2. The van der Waals surface area contributed by atoms with Crippen molar-refractivity contribution in [3.8, 4) is 0 Å². The molecule has 1 aliphatic rings. The fourth-order valence-electron chi connectivity index (χ4n) is 3.83. The van der Waals surface area contributed by atoms with Crippen LogP contribution in [0, 0.1) is 0 Å². The van der Waals surface area contributed by atoms with E-state index in [9.17, 15) is 5.11 Å². The molecule has 0 aromatic heterocycles. The SMILES string of the molecule is OCCC1CCCCN1C(Cc1ccccc1)c1ccccc1. The molecule has 2 heteroatoms. The first-order valence-corrected chi connectivity index (χ1v) is 8.84. The van der Waals surface area contributed by atoms with Crippen molar-refractivity contribution in [3.63, 3.8) is 0 Å². The molecule has 0 amide bonds. The number of benzene rings is 2. The Balaban J connectivity index is 1.87. The highest BCUT2D eigenvalue weighted by molar-refractivity contribution is 5.24. The van der Waals surface area contributed by atoms with Crippen LogP contribution < -0.4 is 0 Å². The number of nitrogens with zero attached hydrogens (tertiary/aromatic N) is 1. The van der Waals surface area contributed by atoms with Gasteiger partial charge in [0.1, 0.15) is 0 Å². The van der Waals surface area contributed by atoms with Crippen molar-refractivity contribution in [2.45, 2.75) is 44.2 Å². The Hall–Kier alpha value is -1.64. The zero-order valence-electron chi connectivity index (χ0n) is 13.8. The van der Waals surface area contributed by atoms with Crippen molar-refractivity contribution in [2.24, 2.45) is 0 Å². The lowest BCUT2D eigenvalue weighted by molar-refractivity contribution is 0.0747. The lowest BCUT2D eigenvalue weighted by atomic mass is 9.91. The van der Waals surface area contributed by atoms with E-state index in [0.717, 1.165) is 19.4 Å². The quantitative estimate of drug-likeness (QED) is 0.864. The topological polar surface area (TPSA) is 23.5 Å². The van der Waals surface area contributed by atoms with Crippen LogP contribution in [0.3, 0.4) is 0 Å². The Morgan fingerprint density at radius 2 is 1.65 bits per heavy atom. The van der Waals surface area contributed by atoms with E-state index in [1.807, 2.05) is 0 Å². The van der Waals surface area contributed by atoms with Gasteiger partial charge >= 0.3 is 0 Å². The summed E-state index contributed by atoms with van der Waals surface area (Å²) in [5.41, 5.74) is 2.77. The highest BCUT2D eigenvalue weighted by Gasteiger charge is 2.29. The van der Waals surface area contributed by atoms with Crippen molar-refractivity contribution in [2.75, 3.05) is 13.2 Å². The summed E-state index contributed by atoms with van der Waals surface area (Å²) in [5.74, 6) is 0. The molecule has 3 rings (SSSR count). The molecule has 2 unspecified atom stereocenters. The third-order valence-corrected chi connectivity index (χ3v) is 4.99. The molecule has 2 aromatic carbocycles. The first-order valence-electron chi connectivity index (χ1n) is 8.84. The standard InChI is InChI=1S/C21H27NO/c23-16-14-20-13-7-8-15-22(20)21(19-11-5-2-6-12-19)17-18-9-3-1-4-10-18/h1-6,9-12,20-21,23H,7-8,13-17H2. The first kappa shape index (κ1) is 16.2. The third-order valence-electron chi connectivity index (χ3n) is 4.99. The van der Waals surface area contributed by atoms with Gasteiger partial charge in [0.15, 0.2) is 0 Å². The molecule has 23 heavy (non-hydrogen) atoms. The summed E-state index contributed by atoms with van der Waals surface area (Å²) in [4.78, 5) is 2.64. The van der Waals surface area contributed by atoms with Crippen LogP contribution in [0.1, 0.15) is 42.9 Å². The zero-order valence-corrected chi connectivity index (χ0v) is 13.8. The lowest BCUT2D eigenvalue weighted by Gasteiger charge is -2.41. The predicted molar refractivity (Wildman–Crippen MR) is 95.4 cm³/mol. The number of aliphatic hydroxyl groups is 1. The first-order chi connectivity index (χ1) is 11.4. The molecule has 1 aliphatic heterocycles. The van der Waals surface area contributed by atoms with Crippen LogP contribution in [0.15, 0.2) is 60.7 Å². The van der Waals surface area contributed by atoms with Crippen molar-refractivity contribution in [1.29, 1.82) is 0 Å². The number of hydrogen-bond donors (Lipinski definition) is 1. The molecular formula is C21H27NO. The van der Waals surface area contributed by atoms with Gasteiger partial charge in [-0.1, -0.05) is 67.1 Å². The van der Waals surface area contributed by atoms with Gasteiger partial charge in [-0.05, 0) is 43.4 Å². The molecule has 0 radical (unpaired) electrons. The van der Waals surface area contributed by atoms with Crippen molar-refractivity contribution in [3.05, 3.63) is 71.8 Å². The third kappa shape index (κ3) is 4.21. The molecule has 2 aromatic rings. The van der Waals surface area contributed by atoms with Crippen molar-refractivity contribution < 1.29 is 5.11 Å². The van der Waals surface area contributed by atoms with Gasteiger partial charge in [0.2, 0.25) is 0 Å². The van der Waals surface area contributed by atoms with E-state index >= 15 is 0 Å². The van der Waals surface area contributed by atoms with Crippen LogP contribution in [0.5, 0.6) is 0 Å². The van der Waals surface area contributed by atoms with Crippen LogP contribution in [-0.4, -0.2) is 29.2 Å². The second kappa shape index (κ2) is 8.28. The van der Waals surface area contributed by atoms with E-state index in [1.54, 1.807) is 0 Å². The fourth-order valence-corrected chi connectivity index (χ4v) is 3.83. The van der Waals surface area contributed by atoms with Gasteiger partial charge in [-0.25, -0.2) is 0 Å². The van der Waals surface area contributed by atoms with Gasteiger partial charge in [-0.3, -0.25) is 4.90 Å². The van der Waals surface area contributed by atoms with Crippen LogP contribution >= 0.6 is 0 Å². The average Bonchev–Trinajstić information content (AvgIpc) is 2.62. The monoisotopic (exact) mass is 309 g/mol. The number of aliphatic hydroxyl groups excluding tert-OH is 1. The van der Waals surface area contributed by atoms with E-state index in [0.29, 0.717) is 12.1 Å². The van der Waals surface area contributed by atoms with Gasteiger partial charge < -0.3 is 5.11 Å². The summed E-state index contributed by atoms with van der Waals surface area (Å²) in [6, 6.07) is 22.5. The van der Waals surface area contributed by atoms with Gasteiger partial charge in [0, 0.05) is 18.7 Å². The highest BCUT2D eigenvalue weighted by atomic mass is 16.3. The Labute approximate surface area is 139 Å². The molecule has 0 saturated carbocycles. The van der Waals surface area contributed by atoms with Gasteiger partial charge in [-0.15, -0.1) is 0 Å². The Morgan fingerprint density at radius 1 is 0.957 bits per heavy atom. The van der Waals surface area contributed by atoms with Crippen LogP contribution in [0.2, 0.25) is 0 Å². The maximum atomic E-state index is 9.45. The average molecular weight is 309 g/mol. The minimum atomic E-state index is 0.286. The predicted octanol–water partition coefficient (Wildman–Crippen LogP) is 4.21. The highest BCUT2D eigenvalue weighted by Crippen LogP contribution is 2.32. The van der Waals surface area contributed by atoms with Crippen molar-refractivity contribution >= 4 is 0 Å². The van der Waals surface area contributed by atoms with E-state index in [2.05, 4.69) is 65.6 Å². The minimum absolute atomic E-state index is 0.286. The lowest BCUT2D eigenvalue weighted by Crippen LogP contribution is -2.43. The van der Waals surface area contributed by atoms with Crippen LogP contribution in [-0.2, 0) is 6.42 Å². The summed E-state index contributed by atoms with van der Waals surface area (Å²) in [7, 11) is 0. The second-order valence-electron chi connectivity index (χ2n) is 6.52. The summed E-state index contributed by atoms with van der Waals surface area (Å²) in [6.07, 6.45) is 5.68. The molecule has 1 fully saturated rings. The molecule has 1 heterocycles. The summed E-state index contributed by atoms with van der Waals surface area (Å²) < 4.78 is 0. The Morgan fingerprint density at radius 3 is 2.35 bits per heavy atom. The van der Waals surface area contributed by atoms with Gasteiger partial charge in [0.05, 0.1) is 0 Å². The molecule has 2 atom stereocenters. The number of likely N-dealkylation sites (tertiary alicyclic amines) is 1. The van der Waals surface area contributed by atoms with Crippen LogP contribution in [0.25, 0.3) is 0 Å². The van der Waals surface area contributed by atoms with Crippen LogP contribution in [0.4, 0.5) is 0 Å². The maximum absolute atomic E-state index is 9.45. The molecule has 122 valence electrons. The van der Waals surface area contributed by atoms with E-state index in [-0.39, 0.29) is 6.61 Å². The Bertz CT molecular complexity index is 567. The molecule has 1 saturated heterocycles.